The Bertz CT molecular complexity index is 771. The molecule has 5 heteroatoms. The van der Waals surface area contributed by atoms with E-state index in [9.17, 15) is 4.39 Å². The molecule has 0 aliphatic carbocycles. The van der Waals surface area contributed by atoms with Gasteiger partial charge in [-0.2, -0.15) is 0 Å². The summed E-state index contributed by atoms with van der Waals surface area (Å²) >= 11 is 0. The molecule has 106 valence electrons. The van der Waals surface area contributed by atoms with Crippen LogP contribution in [0.2, 0.25) is 0 Å². The molecule has 4 nitrogen and oxygen atoms in total. The molecule has 0 radical (unpaired) electrons. The van der Waals surface area contributed by atoms with Gasteiger partial charge in [0.25, 0.3) is 0 Å². The van der Waals surface area contributed by atoms with E-state index in [2.05, 4.69) is 15.0 Å². The van der Waals surface area contributed by atoms with E-state index < -0.39 is 0 Å². The Balaban J connectivity index is 1.97. The lowest BCUT2D eigenvalue weighted by molar-refractivity contribution is 0.627. The molecule has 0 aliphatic rings. The van der Waals surface area contributed by atoms with E-state index in [1.54, 1.807) is 24.5 Å². The van der Waals surface area contributed by atoms with Crippen LogP contribution in [0, 0.1) is 12.7 Å². The SMILES string of the molecule is Cc1nc(N(C)Cc2ccc(F)cc2)c2ccncc2n1. The summed E-state index contributed by atoms with van der Waals surface area (Å²) in [7, 11) is 1.96. The lowest BCUT2D eigenvalue weighted by Crippen LogP contribution is -2.18. The molecule has 0 atom stereocenters. The molecule has 0 saturated carbocycles. The number of aromatic nitrogens is 3. The quantitative estimate of drug-likeness (QED) is 0.740. The number of benzene rings is 1. The van der Waals surface area contributed by atoms with E-state index in [4.69, 9.17) is 0 Å². The first-order chi connectivity index (χ1) is 10.1. The zero-order valence-corrected chi connectivity index (χ0v) is 11.9. The van der Waals surface area contributed by atoms with E-state index in [1.165, 1.54) is 12.1 Å². The molecule has 0 fully saturated rings. The van der Waals surface area contributed by atoms with E-state index in [0.29, 0.717) is 12.4 Å². The van der Waals surface area contributed by atoms with Gasteiger partial charge in [-0.1, -0.05) is 12.1 Å². The van der Waals surface area contributed by atoms with E-state index in [0.717, 1.165) is 22.3 Å². The van der Waals surface area contributed by atoms with Crippen molar-refractivity contribution >= 4 is 16.7 Å². The van der Waals surface area contributed by atoms with Crippen LogP contribution < -0.4 is 4.90 Å². The molecule has 0 spiro atoms. The number of aryl methyl sites for hydroxylation is 1. The first-order valence-electron chi connectivity index (χ1n) is 6.67. The molecule has 2 heterocycles. The minimum Gasteiger partial charge on any atom is -0.355 e. The van der Waals surface area contributed by atoms with Gasteiger partial charge in [0.15, 0.2) is 0 Å². The van der Waals surface area contributed by atoms with Crippen molar-refractivity contribution in [2.75, 3.05) is 11.9 Å². The van der Waals surface area contributed by atoms with Crippen LogP contribution in [0.25, 0.3) is 10.9 Å². The summed E-state index contributed by atoms with van der Waals surface area (Å²) in [5, 5.41) is 0.959. The summed E-state index contributed by atoms with van der Waals surface area (Å²) in [4.78, 5) is 15.0. The van der Waals surface area contributed by atoms with Gasteiger partial charge in [-0.15, -0.1) is 0 Å². The van der Waals surface area contributed by atoms with Gasteiger partial charge < -0.3 is 4.90 Å². The third kappa shape index (κ3) is 2.81. The summed E-state index contributed by atoms with van der Waals surface area (Å²) in [5.74, 6) is 1.33. The molecule has 0 N–H and O–H groups in total. The number of rotatable bonds is 3. The lowest BCUT2D eigenvalue weighted by atomic mass is 10.2. The molecule has 21 heavy (non-hydrogen) atoms. The maximum atomic E-state index is 13.0. The van der Waals surface area contributed by atoms with Gasteiger partial charge in [-0.05, 0) is 30.7 Å². The zero-order chi connectivity index (χ0) is 14.8. The highest BCUT2D eigenvalue weighted by molar-refractivity contribution is 5.88. The smallest absolute Gasteiger partial charge is 0.140 e. The molecule has 0 amide bonds. The third-order valence-corrected chi connectivity index (χ3v) is 3.29. The fourth-order valence-electron chi connectivity index (χ4n) is 2.31. The first kappa shape index (κ1) is 13.4. The second-order valence-electron chi connectivity index (χ2n) is 4.97. The Labute approximate surface area is 122 Å². The molecular formula is C16H15FN4. The van der Waals surface area contributed by atoms with Crippen LogP contribution in [0.5, 0.6) is 0 Å². The summed E-state index contributed by atoms with van der Waals surface area (Å²) < 4.78 is 13.0. The van der Waals surface area contributed by atoms with Crippen LogP contribution in [0.1, 0.15) is 11.4 Å². The van der Waals surface area contributed by atoms with Crippen molar-refractivity contribution in [3.63, 3.8) is 0 Å². The third-order valence-electron chi connectivity index (χ3n) is 3.29. The number of hydrogen-bond acceptors (Lipinski definition) is 4. The average molecular weight is 282 g/mol. The van der Waals surface area contributed by atoms with Crippen molar-refractivity contribution in [3.05, 3.63) is 59.9 Å². The summed E-state index contributed by atoms with van der Waals surface area (Å²) in [5.41, 5.74) is 1.85. The van der Waals surface area contributed by atoms with Crippen LogP contribution in [-0.2, 0) is 6.54 Å². The van der Waals surface area contributed by atoms with Gasteiger partial charge in [0.05, 0.1) is 11.7 Å². The van der Waals surface area contributed by atoms with Gasteiger partial charge in [-0.25, -0.2) is 14.4 Å². The maximum absolute atomic E-state index is 13.0. The Morgan fingerprint density at radius 1 is 1.10 bits per heavy atom. The van der Waals surface area contributed by atoms with E-state index >= 15 is 0 Å². The van der Waals surface area contributed by atoms with Gasteiger partial charge in [0, 0.05) is 25.2 Å². The van der Waals surface area contributed by atoms with Crippen molar-refractivity contribution in [2.24, 2.45) is 0 Å². The largest absolute Gasteiger partial charge is 0.355 e. The molecular weight excluding hydrogens is 267 g/mol. The normalized spacial score (nSPS) is 10.8. The zero-order valence-electron chi connectivity index (χ0n) is 11.9. The monoisotopic (exact) mass is 282 g/mol. The summed E-state index contributed by atoms with van der Waals surface area (Å²) in [6.07, 6.45) is 3.47. The topological polar surface area (TPSA) is 41.9 Å². The van der Waals surface area contributed by atoms with Crippen molar-refractivity contribution in [2.45, 2.75) is 13.5 Å². The van der Waals surface area contributed by atoms with E-state index in [1.807, 2.05) is 24.9 Å². The Kier molecular flexibility index (Phi) is 3.48. The molecule has 3 rings (SSSR count). The van der Waals surface area contributed by atoms with Crippen LogP contribution in [-0.4, -0.2) is 22.0 Å². The van der Waals surface area contributed by atoms with Crippen molar-refractivity contribution < 1.29 is 4.39 Å². The highest BCUT2D eigenvalue weighted by Gasteiger charge is 2.10. The molecule has 0 bridgehead atoms. The standard InChI is InChI=1S/C16H15FN4/c1-11-19-15-9-18-8-7-14(15)16(20-11)21(2)10-12-3-5-13(17)6-4-12/h3-9H,10H2,1-2H3. The van der Waals surface area contributed by atoms with Crippen LogP contribution in [0.3, 0.4) is 0 Å². The van der Waals surface area contributed by atoms with Crippen molar-refractivity contribution in [1.29, 1.82) is 0 Å². The minimum atomic E-state index is -0.226. The fraction of sp³-hybridized carbons (Fsp3) is 0.188. The number of nitrogens with zero attached hydrogens (tertiary/aromatic N) is 4. The lowest BCUT2D eigenvalue weighted by Gasteiger charge is -2.20. The molecule has 1 aromatic carbocycles. The minimum absolute atomic E-state index is 0.226. The fourth-order valence-corrected chi connectivity index (χ4v) is 2.31. The Morgan fingerprint density at radius 2 is 1.86 bits per heavy atom. The maximum Gasteiger partial charge on any atom is 0.140 e. The van der Waals surface area contributed by atoms with Crippen molar-refractivity contribution in [1.82, 2.24) is 15.0 Å². The summed E-state index contributed by atoms with van der Waals surface area (Å²) in [6.45, 7) is 2.51. The second-order valence-corrected chi connectivity index (χ2v) is 4.97. The molecule has 0 unspecified atom stereocenters. The molecule has 0 aliphatic heterocycles. The van der Waals surface area contributed by atoms with Gasteiger partial charge in [0.2, 0.25) is 0 Å². The predicted octanol–water partition coefficient (Wildman–Crippen LogP) is 3.11. The van der Waals surface area contributed by atoms with Crippen molar-refractivity contribution in [3.8, 4) is 0 Å². The Hall–Kier alpha value is -2.56. The van der Waals surface area contributed by atoms with Crippen LogP contribution >= 0.6 is 0 Å². The number of anilines is 1. The first-order valence-corrected chi connectivity index (χ1v) is 6.67. The number of halogens is 1. The Morgan fingerprint density at radius 3 is 2.62 bits per heavy atom. The highest BCUT2D eigenvalue weighted by atomic mass is 19.1. The number of pyridine rings is 1. The molecule has 2 aromatic heterocycles. The number of hydrogen-bond donors (Lipinski definition) is 0. The predicted molar refractivity (Wildman–Crippen MR) is 80.6 cm³/mol. The summed E-state index contributed by atoms with van der Waals surface area (Å²) in [6, 6.07) is 8.41. The average Bonchev–Trinajstić information content (AvgIpc) is 2.48. The van der Waals surface area contributed by atoms with Gasteiger partial charge >= 0.3 is 0 Å². The van der Waals surface area contributed by atoms with Crippen LogP contribution in [0.15, 0.2) is 42.7 Å². The second kappa shape index (κ2) is 5.44. The van der Waals surface area contributed by atoms with Gasteiger partial charge in [-0.3, -0.25) is 4.98 Å². The number of fused-ring (bicyclic) bond motifs is 1. The molecule has 3 aromatic rings. The van der Waals surface area contributed by atoms with Gasteiger partial charge in [0.1, 0.15) is 17.5 Å². The van der Waals surface area contributed by atoms with E-state index in [-0.39, 0.29) is 5.82 Å². The van der Waals surface area contributed by atoms with Crippen LogP contribution in [0.4, 0.5) is 10.2 Å². The highest BCUT2D eigenvalue weighted by Crippen LogP contribution is 2.23. The molecule has 0 saturated heterocycles.